The minimum absolute atomic E-state index is 0.297. The molecule has 0 bridgehead atoms. The Balaban J connectivity index is 2.10. The van der Waals surface area contributed by atoms with Gasteiger partial charge in [-0.25, -0.2) is 5.10 Å². The number of hydrogen-bond donors (Lipinski definition) is 2. The van der Waals surface area contributed by atoms with Crippen LogP contribution in [0.25, 0.3) is 0 Å². The molecule has 0 saturated heterocycles. The summed E-state index contributed by atoms with van der Waals surface area (Å²) in [5.74, 6) is 1.02. The van der Waals surface area contributed by atoms with E-state index in [4.69, 9.17) is 4.52 Å². The molecule has 2 N–H and O–H groups in total. The molecule has 0 spiro atoms. The van der Waals surface area contributed by atoms with E-state index in [2.05, 4.69) is 41.6 Å². The SMILES string of the molecule is Cc1nc(CNc2cn[nH]c(=O)c2Br)no1. The third-order valence-electron chi connectivity index (χ3n) is 1.80. The van der Waals surface area contributed by atoms with Crippen molar-refractivity contribution < 1.29 is 4.52 Å². The number of nitrogens with zero attached hydrogens (tertiary/aromatic N) is 3. The van der Waals surface area contributed by atoms with E-state index in [9.17, 15) is 4.79 Å². The average molecular weight is 286 g/mol. The molecule has 2 rings (SSSR count). The molecule has 0 radical (unpaired) electrons. The molecule has 0 aliphatic heterocycles. The maximum Gasteiger partial charge on any atom is 0.280 e. The highest BCUT2D eigenvalue weighted by Gasteiger charge is 2.06. The minimum atomic E-state index is -0.297. The zero-order valence-corrected chi connectivity index (χ0v) is 9.91. The van der Waals surface area contributed by atoms with Crippen molar-refractivity contribution in [2.24, 2.45) is 0 Å². The topological polar surface area (TPSA) is 96.7 Å². The summed E-state index contributed by atoms with van der Waals surface area (Å²) >= 11 is 3.15. The molecule has 7 nitrogen and oxygen atoms in total. The van der Waals surface area contributed by atoms with Crippen molar-refractivity contribution in [1.29, 1.82) is 0 Å². The van der Waals surface area contributed by atoms with E-state index in [1.807, 2.05) is 0 Å². The Kier molecular flexibility index (Phi) is 3.00. The van der Waals surface area contributed by atoms with Crippen molar-refractivity contribution in [2.45, 2.75) is 13.5 Å². The van der Waals surface area contributed by atoms with Crippen LogP contribution in [0.3, 0.4) is 0 Å². The summed E-state index contributed by atoms with van der Waals surface area (Å²) in [6.07, 6.45) is 1.50. The lowest BCUT2D eigenvalue weighted by molar-refractivity contribution is 0.388. The highest BCUT2D eigenvalue weighted by atomic mass is 79.9. The van der Waals surface area contributed by atoms with Crippen molar-refractivity contribution in [3.05, 3.63) is 32.7 Å². The summed E-state index contributed by atoms with van der Waals surface area (Å²) in [4.78, 5) is 15.2. The Labute approximate surface area is 98.4 Å². The smallest absolute Gasteiger partial charge is 0.280 e. The first kappa shape index (κ1) is 10.8. The summed E-state index contributed by atoms with van der Waals surface area (Å²) in [5.41, 5.74) is 0.278. The normalized spacial score (nSPS) is 10.4. The van der Waals surface area contributed by atoms with Crippen molar-refractivity contribution in [1.82, 2.24) is 20.3 Å². The van der Waals surface area contributed by atoms with E-state index in [1.165, 1.54) is 6.20 Å². The molecular weight excluding hydrogens is 278 g/mol. The molecule has 0 unspecified atom stereocenters. The fourth-order valence-electron chi connectivity index (χ4n) is 1.09. The van der Waals surface area contributed by atoms with Gasteiger partial charge in [0.2, 0.25) is 5.89 Å². The lowest BCUT2D eigenvalue weighted by atomic mass is 10.4. The summed E-state index contributed by atoms with van der Waals surface area (Å²) < 4.78 is 5.20. The van der Waals surface area contributed by atoms with Gasteiger partial charge in [-0.15, -0.1) is 0 Å². The molecule has 0 atom stereocenters. The second-order valence-electron chi connectivity index (χ2n) is 3.01. The van der Waals surface area contributed by atoms with Crippen LogP contribution in [0.2, 0.25) is 0 Å². The standard InChI is InChI=1S/C8H8BrN5O2/c1-4-12-6(14-16-4)3-10-5-2-11-13-8(15)7(5)9/h2H,3H2,1H3,(H2,10,13,15). The van der Waals surface area contributed by atoms with Crippen LogP contribution in [0, 0.1) is 6.92 Å². The molecule has 16 heavy (non-hydrogen) atoms. The zero-order valence-electron chi connectivity index (χ0n) is 8.32. The van der Waals surface area contributed by atoms with Gasteiger partial charge in [0.15, 0.2) is 5.82 Å². The molecule has 2 heterocycles. The highest BCUT2D eigenvalue weighted by Crippen LogP contribution is 2.15. The van der Waals surface area contributed by atoms with Crippen LogP contribution >= 0.6 is 15.9 Å². The van der Waals surface area contributed by atoms with E-state index >= 15 is 0 Å². The van der Waals surface area contributed by atoms with Gasteiger partial charge >= 0.3 is 0 Å². The molecule has 2 aromatic heterocycles. The largest absolute Gasteiger partial charge is 0.375 e. The van der Waals surface area contributed by atoms with Gasteiger partial charge < -0.3 is 9.84 Å². The second-order valence-corrected chi connectivity index (χ2v) is 3.80. The third-order valence-corrected chi connectivity index (χ3v) is 2.59. The van der Waals surface area contributed by atoms with Crippen LogP contribution in [-0.4, -0.2) is 20.3 Å². The first-order valence-corrected chi connectivity index (χ1v) is 5.22. The Bertz CT molecular complexity index is 549. The van der Waals surface area contributed by atoms with Gasteiger partial charge in [-0.2, -0.15) is 10.1 Å². The van der Waals surface area contributed by atoms with Crippen LogP contribution in [0.1, 0.15) is 11.7 Å². The predicted octanol–water partition coefficient (Wildman–Crippen LogP) is 0.836. The fraction of sp³-hybridized carbons (Fsp3) is 0.250. The first-order valence-electron chi connectivity index (χ1n) is 4.43. The molecule has 84 valence electrons. The number of H-pyrrole nitrogens is 1. The number of hydrogen-bond acceptors (Lipinski definition) is 6. The van der Waals surface area contributed by atoms with Crippen molar-refractivity contribution in [3.63, 3.8) is 0 Å². The van der Waals surface area contributed by atoms with Crippen molar-refractivity contribution in [3.8, 4) is 0 Å². The summed E-state index contributed by atoms with van der Waals surface area (Å²) in [6.45, 7) is 2.07. The fourth-order valence-corrected chi connectivity index (χ4v) is 1.43. The number of nitrogens with one attached hydrogen (secondary N) is 2. The minimum Gasteiger partial charge on any atom is -0.375 e. The van der Waals surface area contributed by atoms with Gasteiger partial charge in [0.1, 0.15) is 4.47 Å². The lowest BCUT2D eigenvalue weighted by Gasteiger charge is -2.03. The third kappa shape index (κ3) is 2.27. The molecule has 0 saturated carbocycles. The Morgan fingerprint density at radius 3 is 3.12 bits per heavy atom. The molecule has 0 fully saturated rings. The van der Waals surface area contributed by atoms with Crippen LogP contribution in [0.5, 0.6) is 0 Å². The Hall–Kier alpha value is -1.70. The summed E-state index contributed by atoms with van der Waals surface area (Å²) in [7, 11) is 0. The number of halogens is 1. The van der Waals surface area contributed by atoms with Crippen LogP contribution in [0.4, 0.5) is 5.69 Å². The second kappa shape index (κ2) is 4.44. The van der Waals surface area contributed by atoms with Crippen LogP contribution in [0.15, 0.2) is 20.0 Å². The van der Waals surface area contributed by atoms with Gasteiger partial charge in [0, 0.05) is 6.92 Å². The summed E-state index contributed by atoms with van der Waals surface area (Å²) in [6, 6.07) is 0. The van der Waals surface area contributed by atoms with Gasteiger partial charge in [-0.1, -0.05) is 5.16 Å². The van der Waals surface area contributed by atoms with E-state index in [-0.39, 0.29) is 5.56 Å². The first-order chi connectivity index (χ1) is 7.66. The Morgan fingerprint density at radius 1 is 1.62 bits per heavy atom. The number of aromatic amines is 1. The van der Waals surface area contributed by atoms with Gasteiger partial charge in [-0.3, -0.25) is 4.79 Å². The van der Waals surface area contributed by atoms with E-state index in [0.29, 0.717) is 28.4 Å². The van der Waals surface area contributed by atoms with Crippen LogP contribution < -0.4 is 10.9 Å². The number of aromatic nitrogens is 4. The molecule has 2 aromatic rings. The lowest BCUT2D eigenvalue weighted by Crippen LogP contribution is -2.12. The summed E-state index contributed by atoms with van der Waals surface area (Å²) in [5, 5.41) is 12.7. The maximum atomic E-state index is 11.2. The molecule has 8 heteroatoms. The average Bonchev–Trinajstić information content (AvgIpc) is 2.67. The number of aryl methyl sites for hydroxylation is 1. The zero-order chi connectivity index (χ0) is 11.5. The quantitative estimate of drug-likeness (QED) is 0.867. The monoisotopic (exact) mass is 285 g/mol. The van der Waals surface area contributed by atoms with Crippen LogP contribution in [-0.2, 0) is 6.54 Å². The molecular formula is C8H8BrN5O2. The maximum absolute atomic E-state index is 11.2. The Morgan fingerprint density at radius 2 is 2.44 bits per heavy atom. The predicted molar refractivity (Wildman–Crippen MR) is 58.9 cm³/mol. The van der Waals surface area contributed by atoms with Crippen molar-refractivity contribution in [2.75, 3.05) is 5.32 Å². The van der Waals surface area contributed by atoms with Crippen molar-refractivity contribution >= 4 is 21.6 Å². The van der Waals surface area contributed by atoms with E-state index < -0.39 is 0 Å². The van der Waals surface area contributed by atoms with E-state index in [1.54, 1.807) is 6.92 Å². The molecule has 0 aliphatic carbocycles. The molecule has 0 amide bonds. The van der Waals surface area contributed by atoms with Gasteiger partial charge in [0.05, 0.1) is 18.4 Å². The molecule has 0 aliphatic rings. The molecule has 0 aromatic carbocycles. The van der Waals surface area contributed by atoms with E-state index in [0.717, 1.165) is 0 Å². The number of anilines is 1. The van der Waals surface area contributed by atoms with Gasteiger partial charge in [0.25, 0.3) is 5.56 Å². The number of rotatable bonds is 3. The highest BCUT2D eigenvalue weighted by molar-refractivity contribution is 9.10. The van der Waals surface area contributed by atoms with Gasteiger partial charge in [-0.05, 0) is 15.9 Å².